The summed E-state index contributed by atoms with van der Waals surface area (Å²) < 4.78 is 0. The first-order chi connectivity index (χ1) is 12.2. The van der Waals surface area contributed by atoms with Crippen LogP contribution in [0.4, 0.5) is 0 Å². The van der Waals surface area contributed by atoms with Gasteiger partial charge in [-0.15, -0.1) is 0 Å². The fourth-order valence-corrected chi connectivity index (χ4v) is 2.82. The number of hydrogen-bond acceptors (Lipinski definition) is 4. The molecule has 1 atom stereocenters. The van der Waals surface area contributed by atoms with Crippen molar-refractivity contribution in [1.82, 2.24) is 5.32 Å². The van der Waals surface area contributed by atoms with Gasteiger partial charge in [-0.05, 0) is 57.2 Å². The average molecular weight is 379 g/mol. The van der Waals surface area contributed by atoms with Crippen molar-refractivity contribution in [3.63, 3.8) is 0 Å². The normalized spacial score (nSPS) is 13.6. The van der Waals surface area contributed by atoms with Crippen LogP contribution in [-0.2, 0) is 22.4 Å². The number of hydrogen-bond donors (Lipinski definition) is 4. The highest BCUT2D eigenvalue weighted by molar-refractivity contribution is 5.74. The topological polar surface area (TPSA) is 107 Å². The molecule has 27 heavy (non-hydrogen) atoms. The van der Waals surface area contributed by atoms with E-state index in [1.807, 2.05) is 32.0 Å². The lowest BCUT2D eigenvalue weighted by Gasteiger charge is -2.24. The largest absolute Gasteiger partial charge is 0.481 e. The highest BCUT2D eigenvalue weighted by atomic mass is 16.4. The fraction of sp³-hybridized carbons (Fsp3) is 0.619. The summed E-state index contributed by atoms with van der Waals surface area (Å²) in [6.07, 6.45) is -0.172. The third-order valence-corrected chi connectivity index (χ3v) is 4.63. The highest BCUT2D eigenvalue weighted by Gasteiger charge is 2.30. The number of carboxylic acids is 2. The number of nitrogens with one attached hydrogen (secondary N) is 1. The first kappa shape index (κ1) is 23.1. The van der Waals surface area contributed by atoms with Gasteiger partial charge in [0.1, 0.15) is 0 Å². The lowest BCUT2D eigenvalue weighted by molar-refractivity contribution is -0.147. The first-order valence-corrected chi connectivity index (χ1v) is 9.25. The van der Waals surface area contributed by atoms with Crippen LogP contribution in [0.1, 0.15) is 64.3 Å². The van der Waals surface area contributed by atoms with Crippen molar-refractivity contribution in [2.75, 3.05) is 6.54 Å². The molecule has 6 nitrogen and oxygen atoms in total. The summed E-state index contributed by atoms with van der Waals surface area (Å²) in [7, 11) is 0. The second kappa shape index (κ2) is 8.85. The molecule has 0 radical (unpaired) electrons. The van der Waals surface area contributed by atoms with E-state index in [1.165, 1.54) is 0 Å². The van der Waals surface area contributed by atoms with Crippen LogP contribution >= 0.6 is 0 Å². The molecule has 1 rings (SSSR count). The number of carbonyl (C=O) groups is 2. The lowest BCUT2D eigenvalue weighted by atomic mass is 9.81. The summed E-state index contributed by atoms with van der Waals surface area (Å²) in [5.74, 6) is -1.80. The van der Waals surface area contributed by atoms with Crippen molar-refractivity contribution in [1.29, 1.82) is 0 Å². The summed E-state index contributed by atoms with van der Waals surface area (Å²) in [6, 6.07) is 5.70. The molecule has 152 valence electrons. The second-order valence-corrected chi connectivity index (χ2v) is 8.89. The third-order valence-electron chi connectivity index (χ3n) is 4.63. The molecule has 0 aliphatic rings. The van der Waals surface area contributed by atoms with Crippen molar-refractivity contribution < 1.29 is 24.9 Å². The Morgan fingerprint density at radius 3 is 1.67 bits per heavy atom. The molecule has 0 saturated carbocycles. The predicted molar refractivity (Wildman–Crippen MR) is 105 cm³/mol. The summed E-state index contributed by atoms with van der Waals surface area (Å²) in [5.41, 5.74) is 0.302. The molecular weight excluding hydrogens is 346 g/mol. The molecule has 0 amide bonds. The highest BCUT2D eigenvalue weighted by Crippen LogP contribution is 2.29. The molecule has 0 heterocycles. The molecule has 0 aliphatic heterocycles. The van der Waals surface area contributed by atoms with Crippen LogP contribution in [0.5, 0.6) is 0 Å². The smallest absolute Gasteiger partial charge is 0.309 e. The summed E-state index contributed by atoms with van der Waals surface area (Å²) in [4.78, 5) is 23.0. The first-order valence-electron chi connectivity index (χ1n) is 9.25. The Morgan fingerprint density at radius 2 is 1.33 bits per heavy atom. The molecule has 0 aliphatic carbocycles. The molecule has 1 aromatic rings. The molecule has 6 heteroatoms. The van der Waals surface area contributed by atoms with Crippen molar-refractivity contribution >= 4 is 11.9 Å². The van der Waals surface area contributed by atoms with E-state index in [-0.39, 0.29) is 6.04 Å². The van der Waals surface area contributed by atoms with Crippen LogP contribution in [0.15, 0.2) is 18.2 Å². The minimum atomic E-state index is -0.959. The van der Waals surface area contributed by atoms with Crippen LogP contribution in [0.3, 0.4) is 0 Å². The molecule has 1 unspecified atom stereocenters. The summed E-state index contributed by atoms with van der Waals surface area (Å²) >= 11 is 0. The van der Waals surface area contributed by atoms with Crippen LogP contribution in [0.2, 0.25) is 0 Å². The number of aliphatic hydroxyl groups is 1. The van der Waals surface area contributed by atoms with Crippen molar-refractivity contribution in [3.05, 3.63) is 34.9 Å². The van der Waals surface area contributed by atoms with E-state index in [0.717, 1.165) is 11.1 Å². The number of rotatable bonds is 10. The van der Waals surface area contributed by atoms with Crippen LogP contribution in [-0.4, -0.2) is 39.8 Å². The molecule has 1 aromatic carbocycles. The monoisotopic (exact) mass is 379 g/mol. The van der Waals surface area contributed by atoms with Crippen molar-refractivity contribution in [2.45, 2.75) is 66.5 Å². The molecule has 0 bridgehead atoms. The van der Waals surface area contributed by atoms with E-state index >= 15 is 0 Å². The Bertz CT molecular complexity index is 633. The summed E-state index contributed by atoms with van der Waals surface area (Å²) in [5, 5.41) is 32.6. The van der Waals surface area contributed by atoms with Gasteiger partial charge in [0.2, 0.25) is 0 Å². The zero-order valence-electron chi connectivity index (χ0n) is 17.2. The van der Waals surface area contributed by atoms with Crippen LogP contribution in [0, 0.1) is 10.8 Å². The van der Waals surface area contributed by atoms with Gasteiger partial charge in [0, 0.05) is 12.6 Å². The standard InChI is InChI=1S/C21H33NO5/c1-13(2)22-12-17(23)16-8-14(10-20(3,4)18(24)25)7-15(9-16)11-21(5,6)19(26)27/h7-9,13,17,22-23H,10-12H2,1-6H3,(H,24,25)(H,26,27). The minimum absolute atomic E-state index is 0.221. The van der Waals surface area contributed by atoms with Gasteiger partial charge in [-0.1, -0.05) is 32.0 Å². The van der Waals surface area contributed by atoms with Crippen LogP contribution < -0.4 is 5.32 Å². The van der Waals surface area contributed by atoms with E-state index in [2.05, 4.69) is 5.32 Å². The summed E-state index contributed by atoms with van der Waals surface area (Å²) in [6.45, 7) is 10.9. The molecule has 0 spiro atoms. The number of benzene rings is 1. The van der Waals surface area contributed by atoms with Crippen molar-refractivity contribution in [2.24, 2.45) is 10.8 Å². The number of aliphatic carboxylic acids is 2. The van der Waals surface area contributed by atoms with Gasteiger partial charge in [0.05, 0.1) is 16.9 Å². The Morgan fingerprint density at radius 1 is 0.926 bits per heavy atom. The Hall–Kier alpha value is -1.92. The van der Waals surface area contributed by atoms with Crippen molar-refractivity contribution in [3.8, 4) is 0 Å². The van der Waals surface area contributed by atoms with E-state index < -0.39 is 28.9 Å². The SMILES string of the molecule is CC(C)NCC(O)c1cc(CC(C)(C)C(=O)O)cc(CC(C)(C)C(=O)O)c1. The average Bonchev–Trinajstić information content (AvgIpc) is 2.50. The van der Waals surface area contributed by atoms with E-state index in [4.69, 9.17) is 0 Å². The quantitative estimate of drug-likeness (QED) is 0.498. The van der Waals surface area contributed by atoms with Gasteiger partial charge in [-0.3, -0.25) is 9.59 Å². The van der Waals surface area contributed by atoms with Gasteiger partial charge in [-0.2, -0.15) is 0 Å². The molecule has 0 saturated heterocycles. The second-order valence-electron chi connectivity index (χ2n) is 8.89. The van der Waals surface area contributed by atoms with Gasteiger partial charge in [0.15, 0.2) is 0 Å². The molecule has 0 aromatic heterocycles. The van der Waals surface area contributed by atoms with Gasteiger partial charge >= 0.3 is 11.9 Å². The fourth-order valence-electron chi connectivity index (χ4n) is 2.82. The minimum Gasteiger partial charge on any atom is -0.481 e. The zero-order chi connectivity index (χ0) is 21.0. The van der Waals surface area contributed by atoms with Gasteiger partial charge in [0.25, 0.3) is 0 Å². The predicted octanol–water partition coefficient (Wildman–Crippen LogP) is 3.02. The number of aliphatic hydroxyl groups excluding tert-OH is 1. The number of carboxylic acid groups (broad SMARTS) is 2. The zero-order valence-corrected chi connectivity index (χ0v) is 17.2. The molecular formula is C21H33NO5. The lowest BCUT2D eigenvalue weighted by Crippen LogP contribution is -2.29. The van der Waals surface area contributed by atoms with Crippen LogP contribution in [0.25, 0.3) is 0 Å². The van der Waals surface area contributed by atoms with Gasteiger partial charge in [-0.25, -0.2) is 0 Å². The van der Waals surface area contributed by atoms with E-state index in [1.54, 1.807) is 27.7 Å². The van der Waals surface area contributed by atoms with E-state index in [9.17, 15) is 24.9 Å². The Labute approximate surface area is 161 Å². The van der Waals surface area contributed by atoms with E-state index in [0.29, 0.717) is 24.9 Å². The molecule has 0 fully saturated rings. The van der Waals surface area contributed by atoms with Gasteiger partial charge < -0.3 is 20.6 Å². The Kier molecular flexibility index (Phi) is 7.57. The third kappa shape index (κ3) is 6.96. The maximum atomic E-state index is 11.5. The molecule has 4 N–H and O–H groups in total. The maximum absolute atomic E-state index is 11.5. The Balaban J connectivity index is 3.25. The maximum Gasteiger partial charge on any atom is 0.309 e.